The Morgan fingerprint density at radius 2 is 1.91 bits per heavy atom. The molecule has 2 aliphatic rings. The second kappa shape index (κ2) is 10.4. The van der Waals surface area contributed by atoms with Gasteiger partial charge in [-0.05, 0) is 67.9 Å². The predicted molar refractivity (Wildman–Crippen MR) is 123 cm³/mol. The van der Waals surface area contributed by atoms with Crippen molar-refractivity contribution in [3.05, 3.63) is 65.5 Å². The Bertz CT molecular complexity index is 950. The Morgan fingerprint density at radius 3 is 2.59 bits per heavy atom. The van der Waals surface area contributed by atoms with Crippen LogP contribution in [0.5, 0.6) is 5.75 Å². The fourth-order valence-corrected chi connectivity index (χ4v) is 5.64. The first kappa shape index (κ1) is 22.6. The summed E-state index contributed by atoms with van der Waals surface area (Å²) in [5, 5.41) is 2.57. The van der Waals surface area contributed by atoms with Crippen molar-refractivity contribution in [1.82, 2.24) is 15.1 Å². The summed E-state index contributed by atoms with van der Waals surface area (Å²) in [4.78, 5) is 30.5. The first-order chi connectivity index (χ1) is 15.6. The molecule has 0 aliphatic carbocycles. The van der Waals surface area contributed by atoms with E-state index in [0.717, 1.165) is 19.6 Å². The van der Waals surface area contributed by atoms with Gasteiger partial charge in [-0.3, -0.25) is 9.59 Å². The number of halogens is 1. The van der Waals surface area contributed by atoms with Gasteiger partial charge >= 0.3 is 0 Å². The lowest BCUT2D eigenvalue weighted by molar-refractivity contribution is -0.124. The van der Waals surface area contributed by atoms with E-state index >= 15 is 0 Å². The lowest BCUT2D eigenvalue weighted by Gasteiger charge is -2.29. The largest absolute Gasteiger partial charge is 0.497 e. The molecule has 0 bridgehead atoms. The Hall–Kier alpha value is -2.58. The van der Waals surface area contributed by atoms with Gasteiger partial charge in [0.2, 0.25) is 5.91 Å². The molecule has 2 aliphatic heterocycles. The zero-order valence-electron chi connectivity index (χ0n) is 18.1. The fourth-order valence-electron chi connectivity index (χ4n) is 4.22. The summed E-state index contributed by atoms with van der Waals surface area (Å²) in [5.41, 5.74) is 1.13. The monoisotopic (exact) mass is 457 g/mol. The summed E-state index contributed by atoms with van der Waals surface area (Å²) in [5.74, 6) is 0.316. The number of hydrogen-bond donors (Lipinski definition) is 1. The van der Waals surface area contributed by atoms with E-state index in [1.807, 2.05) is 0 Å². The highest BCUT2D eigenvalue weighted by Crippen LogP contribution is 2.42. The van der Waals surface area contributed by atoms with E-state index in [0.29, 0.717) is 29.2 Å². The quantitative estimate of drug-likeness (QED) is 0.691. The maximum Gasteiger partial charge on any atom is 0.255 e. The van der Waals surface area contributed by atoms with Gasteiger partial charge < -0.3 is 19.9 Å². The number of carbonyl (C=O) groups is 2. The molecule has 2 atom stereocenters. The molecular formula is C24H28FN3O3S. The Balaban J connectivity index is 1.53. The Morgan fingerprint density at radius 1 is 1.16 bits per heavy atom. The smallest absolute Gasteiger partial charge is 0.255 e. The van der Waals surface area contributed by atoms with Crippen molar-refractivity contribution in [2.24, 2.45) is 0 Å². The Labute approximate surface area is 192 Å². The number of ether oxygens (including phenoxy) is 1. The molecule has 0 aromatic heterocycles. The molecular weight excluding hydrogens is 429 g/mol. The number of benzene rings is 2. The van der Waals surface area contributed by atoms with Crippen molar-refractivity contribution >= 4 is 23.6 Å². The van der Waals surface area contributed by atoms with E-state index in [4.69, 9.17) is 4.74 Å². The van der Waals surface area contributed by atoms with Crippen LogP contribution in [-0.2, 0) is 4.79 Å². The van der Waals surface area contributed by atoms with Crippen molar-refractivity contribution in [2.75, 3.05) is 39.0 Å². The van der Waals surface area contributed by atoms with E-state index < -0.39 is 11.4 Å². The predicted octanol–water partition coefficient (Wildman–Crippen LogP) is 3.30. The van der Waals surface area contributed by atoms with Crippen molar-refractivity contribution in [1.29, 1.82) is 0 Å². The molecule has 1 N–H and O–H groups in total. The lowest BCUT2D eigenvalue weighted by atomic mass is 10.1. The molecule has 170 valence electrons. The van der Waals surface area contributed by atoms with Crippen LogP contribution in [0.25, 0.3) is 0 Å². The fraction of sp³-hybridized carbons (Fsp3) is 0.417. The maximum absolute atomic E-state index is 13.9. The molecule has 0 radical (unpaired) electrons. The zero-order chi connectivity index (χ0) is 22.5. The summed E-state index contributed by atoms with van der Waals surface area (Å²) >= 11 is 1.48. The second-order valence-corrected chi connectivity index (χ2v) is 9.15. The molecule has 2 aromatic rings. The molecule has 2 saturated heterocycles. The van der Waals surface area contributed by atoms with Gasteiger partial charge in [0.25, 0.3) is 5.91 Å². The van der Waals surface area contributed by atoms with Crippen molar-refractivity contribution in [3.8, 4) is 5.75 Å². The summed E-state index contributed by atoms with van der Waals surface area (Å²) in [6, 6.07) is 12.4. The zero-order valence-corrected chi connectivity index (χ0v) is 18.9. The third-order valence-electron chi connectivity index (χ3n) is 5.93. The number of likely N-dealkylation sites (tertiary alicyclic amines) is 1. The van der Waals surface area contributed by atoms with Gasteiger partial charge in [0.15, 0.2) is 0 Å². The van der Waals surface area contributed by atoms with Crippen LogP contribution < -0.4 is 10.1 Å². The summed E-state index contributed by atoms with van der Waals surface area (Å²) in [6.07, 6.45) is 2.40. The summed E-state index contributed by atoms with van der Waals surface area (Å²) in [6.45, 7) is 3.50. The minimum Gasteiger partial charge on any atom is -0.497 e. The Kier molecular flexibility index (Phi) is 7.32. The van der Waals surface area contributed by atoms with Crippen LogP contribution >= 0.6 is 11.8 Å². The SMILES string of the molecule is COc1ccc(C(=O)N2C(C(=O)NCCN3CCCC3)CSC2c2cccc(F)c2)cc1. The van der Waals surface area contributed by atoms with Crippen LogP contribution in [0.15, 0.2) is 48.5 Å². The number of hydrogen-bond acceptors (Lipinski definition) is 5. The van der Waals surface area contributed by atoms with E-state index in [9.17, 15) is 14.0 Å². The van der Waals surface area contributed by atoms with Gasteiger partial charge in [0.05, 0.1) is 7.11 Å². The molecule has 2 aromatic carbocycles. The first-order valence-electron chi connectivity index (χ1n) is 10.9. The standard InChI is InChI=1S/C24H28FN3O3S/c1-31-20-9-7-17(8-10-20)23(30)28-21(22(29)26-11-14-27-12-2-3-13-27)16-32-24(28)18-5-4-6-19(25)15-18/h4-10,15,21,24H,2-3,11-14,16H2,1H3,(H,26,29). The van der Waals surface area contributed by atoms with Gasteiger partial charge in [-0.1, -0.05) is 12.1 Å². The normalized spacial score (nSPS) is 21.0. The number of methoxy groups -OCH3 is 1. The van der Waals surface area contributed by atoms with Gasteiger partial charge in [-0.2, -0.15) is 0 Å². The van der Waals surface area contributed by atoms with Gasteiger partial charge in [0.1, 0.15) is 23.0 Å². The van der Waals surface area contributed by atoms with Crippen molar-refractivity contribution in [2.45, 2.75) is 24.3 Å². The van der Waals surface area contributed by atoms with Gasteiger partial charge in [0, 0.05) is 24.4 Å². The van der Waals surface area contributed by atoms with Crippen LogP contribution in [0.4, 0.5) is 4.39 Å². The molecule has 2 amide bonds. The van der Waals surface area contributed by atoms with Crippen molar-refractivity contribution < 1.29 is 18.7 Å². The van der Waals surface area contributed by atoms with E-state index in [1.165, 1.54) is 36.7 Å². The first-order valence-corrected chi connectivity index (χ1v) is 12.0. The molecule has 6 nitrogen and oxygen atoms in total. The number of nitrogens with zero attached hydrogens (tertiary/aromatic N) is 2. The molecule has 4 rings (SSSR count). The number of rotatable bonds is 7. The highest BCUT2D eigenvalue weighted by atomic mass is 32.2. The van der Waals surface area contributed by atoms with Crippen LogP contribution in [0, 0.1) is 5.82 Å². The molecule has 2 fully saturated rings. The highest BCUT2D eigenvalue weighted by molar-refractivity contribution is 7.99. The average molecular weight is 458 g/mol. The molecule has 8 heteroatoms. The number of carbonyl (C=O) groups excluding carboxylic acids is 2. The highest BCUT2D eigenvalue weighted by Gasteiger charge is 2.42. The molecule has 2 heterocycles. The third-order valence-corrected chi connectivity index (χ3v) is 7.26. The van der Waals surface area contributed by atoms with Crippen molar-refractivity contribution in [3.63, 3.8) is 0 Å². The van der Waals surface area contributed by atoms with Crippen LogP contribution in [0.3, 0.4) is 0 Å². The molecule has 0 saturated carbocycles. The number of nitrogens with one attached hydrogen (secondary N) is 1. The minimum absolute atomic E-state index is 0.169. The third kappa shape index (κ3) is 5.07. The molecule has 0 spiro atoms. The number of thioether (sulfide) groups is 1. The minimum atomic E-state index is -0.624. The molecule has 2 unspecified atom stereocenters. The van der Waals surface area contributed by atoms with Crippen LogP contribution in [0.2, 0.25) is 0 Å². The molecule has 32 heavy (non-hydrogen) atoms. The van der Waals surface area contributed by atoms with E-state index in [1.54, 1.807) is 48.4 Å². The van der Waals surface area contributed by atoms with E-state index in [2.05, 4.69) is 10.2 Å². The summed E-state index contributed by atoms with van der Waals surface area (Å²) < 4.78 is 19.1. The average Bonchev–Trinajstić information content (AvgIpc) is 3.49. The summed E-state index contributed by atoms with van der Waals surface area (Å²) in [7, 11) is 1.57. The van der Waals surface area contributed by atoms with Crippen LogP contribution in [-0.4, -0.2) is 66.7 Å². The number of amides is 2. The van der Waals surface area contributed by atoms with E-state index in [-0.39, 0.29) is 17.6 Å². The van der Waals surface area contributed by atoms with Gasteiger partial charge in [-0.25, -0.2) is 4.39 Å². The van der Waals surface area contributed by atoms with Gasteiger partial charge in [-0.15, -0.1) is 11.8 Å². The maximum atomic E-state index is 13.9. The topological polar surface area (TPSA) is 61.9 Å². The lowest BCUT2D eigenvalue weighted by Crippen LogP contribution is -2.49. The van der Waals surface area contributed by atoms with Crippen LogP contribution in [0.1, 0.15) is 34.1 Å². The second-order valence-electron chi connectivity index (χ2n) is 8.04.